The van der Waals surface area contributed by atoms with Gasteiger partial charge in [0.25, 0.3) is 0 Å². The summed E-state index contributed by atoms with van der Waals surface area (Å²) in [7, 11) is -4.78. The molecule has 0 aliphatic heterocycles. The molecule has 0 heterocycles. The van der Waals surface area contributed by atoms with E-state index in [1.165, 1.54) is 0 Å². The fraction of sp³-hybridized carbons (Fsp3) is 0. The van der Waals surface area contributed by atoms with Crippen molar-refractivity contribution < 1.29 is 12.6 Å². The van der Waals surface area contributed by atoms with Gasteiger partial charge in [-0.1, -0.05) is 0 Å². The molecular weight excluding hydrogens is 98.8 g/mol. The molecule has 0 bridgehead atoms. The van der Waals surface area contributed by atoms with Crippen LogP contribution in [0.5, 0.6) is 0 Å². The molecule has 0 aromatic rings. The van der Waals surface area contributed by atoms with Gasteiger partial charge in [-0.2, -0.15) is 0 Å². The Bertz CT molecular complexity index is 22.4. The van der Waals surface area contributed by atoms with E-state index >= 15 is 0 Å². The fourth-order valence-electron chi connectivity index (χ4n) is 0. The quantitative estimate of drug-likeness (QED) is 0.315. The second kappa shape index (κ2) is 1.17. The van der Waals surface area contributed by atoms with Gasteiger partial charge >= 0.3 is 28.2 Å². The molecule has 0 aromatic heterocycles. The maximum absolute atomic E-state index is 10.5. The second-order valence-corrected chi connectivity index (χ2v) is 2.34. The van der Waals surface area contributed by atoms with Crippen LogP contribution in [0.2, 0.25) is 0 Å². The van der Waals surface area contributed by atoms with E-state index < -0.39 is 8.07 Å². The summed E-state index contributed by atoms with van der Waals surface area (Å²) in [5.74, 6) is 0. The summed E-state index contributed by atoms with van der Waals surface area (Å²) in [6.07, 6.45) is 0. The molecule has 0 spiro atoms. The van der Waals surface area contributed by atoms with Crippen molar-refractivity contribution in [2.45, 2.75) is 0 Å². The van der Waals surface area contributed by atoms with Gasteiger partial charge < -0.3 is 0 Å². The fourth-order valence-corrected chi connectivity index (χ4v) is 0. The zero-order valence-corrected chi connectivity index (χ0v) is 3.63. The average Bonchev–Trinajstić information content (AvgIpc) is 0.722. The van der Waals surface area contributed by atoms with Crippen molar-refractivity contribution in [3.05, 3.63) is 0 Å². The Labute approximate surface area is 29.4 Å². The van der Waals surface area contributed by atoms with Crippen molar-refractivity contribution >= 4 is 15.6 Å². The molecule has 0 aromatic carbocycles. The van der Waals surface area contributed by atoms with E-state index in [9.17, 15) is 12.6 Å². The number of hydrogen-bond acceptors (Lipinski definition) is 0. The van der Waals surface area contributed by atoms with Crippen molar-refractivity contribution in [1.29, 1.82) is 0 Å². The Kier molecular flexibility index (Phi) is 1.24. The molecule has 0 fully saturated rings. The second-order valence-electron chi connectivity index (χ2n) is 0.781. The van der Waals surface area contributed by atoms with E-state index in [1.807, 2.05) is 0 Å². The molecule has 0 atom stereocenters. The maximum atomic E-state index is 10.5. The van der Waals surface area contributed by atoms with E-state index in [0.717, 1.165) is 0 Å². The third-order valence-corrected chi connectivity index (χ3v) is 0. The molecule has 32 valence electrons. The van der Waals surface area contributed by atoms with E-state index in [0.29, 0.717) is 7.57 Å². The van der Waals surface area contributed by atoms with Gasteiger partial charge in [0, 0.05) is 0 Å². The van der Waals surface area contributed by atoms with Gasteiger partial charge in [-0.15, -0.1) is 0 Å². The first-order chi connectivity index (χ1) is 2.00. The van der Waals surface area contributed by atoms with Crippen LogP contribution in [-0.4, -0.2) is 7.57 Å². The first-order valence-corrected chi connectivity index (χ1v) is 3.20. The van der Waals surface area contributed by atoms with Crippen LogP contribution >= 0.6 is 8.07 Å². The molecule has 5 heteroatoms. The van der Waals surface area contributed by atoms with E-state index in [-0.39, 0.29) is 0 Å². The molecule has 0 N–H and O–H groups in total. The first-order valence-electron chi connectivity index (χ1n) is 1.07. The Hall–Kier alpha value is 0.285. The van der Waals surface area contributed by atoms with Gasteiger partial charge in [-0.25, -0.2) is 0 Å². The molecule has 0 saturated heterocycles. The minimum atomic E-state index is -5.11. The summed E-state index contributed by atoms with van der Waals surface area (Å²) in [6, 6.07) is 0. The minimum absolute atomic E-state index is 0.326. The molecule has 0 aliphatic carbocycles. The van der Waals surface area contributed by atoms with Gasteiger partial charge in [0.15, 0.2) is 0 Å². The summed E-state index contributed by atoms with van der Waals surface area (Å²) in [5, 5.41) is 0. The van der Waals surface area contributed by atoms with E-state index in [1.54, 1.807) is 0 Å². The first kappa shape index (κ1) is 5.28. The summed E-state index contributed by atoms with van der Waals surface area (Å²) in [5.41, 5.74) is 0. The average molecular weight is 102 g/mol. The Balaban J connectivity index is 3.02. The van der Waals surface area contributed by atoms with Crippen molar-refractivity contribution in [2.24, 2.45) is 0 Å². The number of hydrogen-bond donors (Lipinski definition) is 0. The predicted molar refractivity (Wildman–Crippen MR) is 20.2 cm³/mol. The van der Waals surface area contributed by atoms with Gasteiger partial charge in [-0.3, -0.25) is 0 Å². The molecule has 0 radical (unpaired) electrons. The predicted octanol–water partition coefficient (Wildman–Crippen LogP) is 0.938. The summed E-state index contributed by atoms with van der Waals surface area (Å²) >= 11 is 0. The molecule has 0 unspecified atom stereocenters. The van der Waals surface area contributed by atoms with Gasteiger partial charge in [0.2, 0.25) is 0 Å². The van der Waals surface area contributed by atoms with Crippen LogP contribution in [0.1, 0.15) is 0 Å². The Morgan fingerprint density at radius 1 is 1.20 bits per heavy atom. The zero-order valence-electron chi connectivity index (χ0n) is 2.63. The Morgan fingerprint density at radius 2 is 1.20 bits per heavy atom. The third kappa shape index (κ3) is 276. The molecule has 5 heavy (non-hydrogen) atoms. The number of halogens is 3. The summed E-state index contributed by atoms with van der Waals surface area (Å²) < 4.78 is 31.5. The molecule has 0 saturated carbocycles. The van der Waals surface area contributed by atoms with Crippen LogP contribution < -0.4 is 0 Å². The molecule has 0 amide bonds. The third-order valence-electron chi connectivity index (χ3n) is 0. The molecular formula is H3BF3P. The molecule has 0 nitrogen and oxygen atoms in total. The summed E-state index contributed by atoms with van der Waals surface area (Å²) in [4.78, 5) is 0. The van der Waals surface area contributed by atoms with Crippen LogP contribution in [0.4, 0.5) is 12.6 Å². The van der Waals surface area contributed by atoms with Crippen LogP contribution in [0.3, 0.4) is 0 Å². The van der Waals surface area contributed by atoms with E-state index in [4.69, 9.17) is 0 Å². The van der Waals surface area contributed by atoms with Crippen LogP contribution in [0.25, 0.3) is 0 Å². The van der Waals surface area contributed by atoms with Crippen LogP contribution in [-0.2, 0) is 0 Å². The SMILES string of the molecule is B[PH](F)(F)F. The van der Waals surface area contributed by atoms with Crippen molar-refractivity contribution in [1.82, 2.24) is 0 Å². The zero-order chi connectivity index (χ0) is 4.50. The van der Waals surface area contributed by atoms with Gasteiger partial charge in [0.05, 0.1) is 0 Å². The number of rotatable bonds is 0. The van der Waals surface area contributed by atoms with Crippen molar-refractivity contribution in [3.8, 4) is 0 Å². The standard InChI is InChI=1S/BF3H3P/c1-5(2,3)4/h5H,1H2. The normalized spacial score (nSPS) is 15.0. The Morgan fingerprint density at radius 3 is 1.20 bits per heavy atom. The molecule has 0 aliphatic rings. The topological polar surface area (TPSA) is 0 Å². The summed E-state index contributed by atoms with van der Waals surface area (Å²) in [6.45, 7) is 0. The van der Waals surface area contributed by atoms with Gasteiger partial charge in [0.1, 0.15) is 0 Å². The van der Waals surface area contributed by atoms with E-state index in [2.05, 4.69) is 0 Å². The van der Waals surface area contributed by atoms with Crippen molar-refractivity contribution in [2.75, 3.05) is 0 Å². The molecule has 0 rings (SSSR count). The van der Waals surface area contributed by atoms with Crippen LogP contribution in [0, 0.1) is 0 Å². The van der Waals surface area contributed by atoms with Gasteiger partial charge in [-0.05, 0) is 0 Å². The monoisotopic (exact) mass is 102 g/mol. The van der Waals surface area contributed by atoms with Crippen LogP contribution in [0.15, 0.2) is 0 Å². The van der Waals surface area contributed by atoms with Crippen molar-refractivity contribution in [3.63, 3.8) is 0 Å².